The van der Waals surface area contributed by atoms with E-state index in [2.05, 4.69) is 43.4 Å². The highest BCUT2D eigenvalue weighted by Gasteiger charge is 2.04. The summed E-state index contributed by atoms with van der Waals surface area (Å²) in [6, 6.07) is 8.74. The Kier molecular flexibility index (Phi) is 4.63. The monoisotopic (exact) mass is 206 g/mol. The molecular formula is C13H22N2. The first-order valence-corrected chi connectivity index (χ1v) is 5.69. The van der Waals surface area contributed by atoms with Crippen LogP contribution >= 0.6 is 0 Å². The van der Waals surface area contributed by atoms with Crippen LogP contribution in [0.15, 0.2) is 24.3 Å². The number of nitrogens with one attached hydrogen (secondary N) is 1. The standard InChI is InChI=1S/C13H22N2/c1-10(2)12-6-4-5-7-13(12)15-9-8-11(3)14/h4-7,10-11,15H,8-9,14H2,1-3H3. The second kappa shape index (κ2) is 5.76. The molecule has 0 amide bonds. The molecule has 1 aromatic rings. The molecule has 15 heavy (non-hydrogen) atoms. The number of rotatable bonds is 5. The SMILES string of the molecule is CC(N)CCNc1ccccc1C(C)C. The lowest BCUT2D eigenvalue weighted by Crippen LogP contribution is -2.19. The van der Waals surface area contributed by atoms with Gasteiger partial charge in [0.1, 0.15) is 0 Å². The summed E-state index contributed by atoms with van der Waals surface area (Å²) in [5.41, 5.74) is 8.34. The molecule has 0 aliphatic carbocycles. The predicted molar refractivity (Wildman–Crippen MR) is 67.3 cm³/mol. The summed E-state index contributed by atoms with van der Waals surface area (Å²) in [6.45, 7) is 7.41. The van der Waals surface area contributed by atoms with Crippen LogP contribution in [0.1, 0.15) is 38.7 Å². The van der Waals surface area contributed by atoms with Crippen LogP contribution in [0, 0.1) is 0 Å². The van der Waals surface area contributed by atoms with Crippen molar-refractivity contribution < 1.29 is 0 Å². The normalized spacial score (nSPS) is 12.9. The Morgan fingerprint density at radius 3 is 2.47 bits per heavy atom. The molecule has 0 aliphatic rings. The highest BCUT2D eigenvalue weighted by Crippen LogP contribution is 2.23. The topological polar surface area (TPSA) is 38.0 Å². The molecule has 0 spiro atoms. The number of benzene rings is 1. The van der Waals surface area contributed by atoms with Gasteiger partial charge in [-0.05, 0) is 30.9 Å². The molecule has 84 valence electrons. The minimum absolute atomic E-state index is 0.267. The van der Waals surface area contributed by atoms with Crippen LogP contribution in [0.3, 0.4) is 0 Å². The lowest BCUT2D eigenvalue weighted by Gasteiger charge is -2.15. The Hall–Kier alpha value is -1.02. The van der Waals surface area contributed by atoms with E-state index in [1.165, 1.54) is 11.3 Å². The summed E-state index contributed by atoms with van der Waals surface area (Å²) in [5, 5.41) is 3.45. The fraction of sp³-hybridized carbons (Fsp3) is 0.538. The molecule has 0 fully saturated rings. The predicted octanol–water partition coefficient (Wildman–Crippen LogP) is 2.96. The molecule has 1 aromatic carbocycles. The van der Waals surface area contributed by atoms with Crippen LogP contribution in [0.2, 0.25) is 0 Å². The van der Waals surface area contributed by atoms with Crippen LogP contribution in [0.4, 0.5) is 5.69 Å². The minimum Gasteiger partial charge on any atom is -0.385 e. The van der Waals surface area contributed by atoms with Gasteiger partial charge in [-0.15, -0.1) is 0 Å². The van der Waals surface area contributed by atoms with Gasteiger partial charge in [0.25, 0.3) is 0 Å². The molecule has 1 atom stereocenters. The van der Waals surface area contributed by atoms with Gasteiger partial charge < -0.3 is 11.1 Å². The summed E-state index contributed by atoms with van der Waals surface area (Å²) in [4.78, 5) is 0. The number of hydrogen-bond donors (Lipinski definition) is 2. The molecule has 1 rings (SSSR count). The molecular weight excluding hydrogens is 184 g/mol. The Morgan fingerprint density at radius 2 is 1.87 bits per heavy atom. The molecule has 2 nitrogen and oxygen atoms in total. The van der Waals surface area contributed by atoms with Gasteiger partial charge in [-0.25, -0.2) is 0 Å². The van der Waals surface area contributed by atoms with Gasteiger partial charge >= 0.3 is 0 Å². The number of nitrogens with two attached hydrogens (primary N) is 1. The lowest BCUT2D eigenvalue weighted by molar-refractivity contribution is 0.689. The van der Waals surface area contributed by atoms with E-state index in [0.717, 1.165) is 13.0 Å². The van der Waals surface area contributed by atoms with Gasteiger partial charge in [-0.2, -0.15) is 0 Å². The number of para-hydroxylation sites is 1. The maximum atomic E-state index is 5.71. The van der Waals surface area contributed by atoms with Crippen molar-refractivity contribution in [2.75, 3.05) is 11.9 Å². The Labute approximate surface area is 92.9 Å². The van der Waals surface area contributed by atoms with E-state index in [0.29, 0.717) is 5.92 Å². The molecule has 0 aromatic heterocycles. The summed E-state index contributed by atoms with van der Waals surface area (Å²) in [7, 11) is 0. The van der Waals surface area contributed by atoms with E-state index in [-0.39, 0.29) is 6.04 Å². The summed E-state index contributed by atoms with van der Waals surface area (Å²) in [5.74, 6) is 0.559. The average Bonchev–Trinajstić information content (AvgIpc) is 2.17. The average molecular weight is 206 g/mol. The molecule has 0 saturated heterocycles. The van der Waals surface area contributed by atoms with E-state index in [1.54, 1.807) is 0 Å². The third kappa shape index (κ3) is 3.92. The van der Waals surface area contributed by atoms with E-state index in [9.17, 15) is 0 Å². The smallest absolute Gasteiger partial charge is 0.0375 e. The Balaban J connectivity index is 2.59. The largest absolute Gasteiger partial charge is 0.385 e. The summed E-state index contributed by atoms with van der Waals surface area (Å²) < 4.78 is 0. The van der Waals surface area contributed by atoms with E-state index in [1.807, 2.05) is 6.92 Å². The van der Waals surface area contributed by atoms with Crippen molar-refractivity contribution in [3.05, 3.63) is 29.8 Å². The summed E-state index contributed by atoms with van der Waals surface area (Å²) in [6.07, 6.45) is 1.01. The maximum Gasteiger partial charge on any atom is 0.0375 e. The van der Waals surface area contributed by atoms with Gasteiger partial charge in [0, 0.05) is 18.3 Å². The fourth-order valence-corrected chi connectivity index (χ4v) is 1.60. The lowest BCUT2D eigenvalue weighted by atomic mass is 10.0. The van der Waals surface area contributed by atoms with Crippen LogP contribution in [0.5, 0.6) is 0 Å². The van der Waals surface area contributed by atoms with E-state index >= 15 is 0 Å². The van der Waals surface area contributed by atoms with E-state index < -0.39 is 0 Å². The van der Waals surface area contributed by atoms with Crippen molar-refractivity contribution in [2.24, 2.45) is 5.73 Å². The van der Waals surface area contributed by atoms with Gasteiger partial charge in [0.2, 0.25) is 0 Å². The third-order valence-electron chi connectivity index (χ3n) is 2.50. The fourth-order valence-electron chi connectivity index (χ4n) is 1.60. The Bertz CT molecular complexity index is 292. The quantitative estimate of drug-likeness (QED) is 0.777. The van der Waals surface area contributed by atoms with Crippen molar-refractivity contribution in [3.63, 3.8) is 0 Å². The molecule has 0 heterocycles. The molecule has 0 radical (unpaired) electrons. The van der Waals surface area contributed by atoms with Gasteiger partial charge in [-0.1, -0.05) is 32.0 Å². The highest BCUT2D eigenvalue weighted by atomic mass is 14.9. The van der Waals surface area contributed by atoms with Crippen molar-refractivity contribution in [1.82, 2.24) is 0 Å². The van der Waals surface area contributed by atoms with Crippen LogP contribution in [-0.2, 0) is 0 Å². The number of anilines is 1. The highest BCUT2D eigenvalue weighted by molar-refractivity contribution is 5.52. The minimum atomic E-state index is 0.267. The van der Waals surface area contributed by atoms with Gasteiger partial charge in [-0.3, -0.25) is 0 Å². The molecule has 0 saturated carbocycles. The van der Waals surface area contributed by atoms with Crippen molar-refractivity contribution in [1.29, 1.82) is 0 Å². The maximum absolute atomic E-state index is 5.71. The van der Waals surface area contributed by atoms with Gasteiger partial charge in [0.15, 0.2) is 0 Å². The van der Waals surface area contributed by atoms with Crippen LogP contribution < -0.4 is 11.1 Å². The van der Waals surface area contributed by atoms with Gasteiger partial charge in [0.05, 0.1) is 0 Å². The first-order valence-electron chi connectivity index (χ1n) is 5.69. The second-order valence-corrected chi connectivity index (χ2v) is 4.43. The zero-order chi connectivity index (χ0) is 11.3. The first-order chi connectivity index (χ1) is 7.11. The zero-order valence-electron chi connectivity index (χ0n) is 9.96. The molecule has 0 bridgehead atoms. The third-order valence-corrected chi connectivity index (χ3v) is 2.50. The second-order valence-electron chi connectivity index (χ2n) is 4.43. The Morgan fingerprint density at radius 1 is 1.20 bits per heavy atom. The van der Waals surface area contributed by atoms with Crippen LogP contribution in [0.25, 0.3) is 0 Å². The molecule has 1 unspecified atom stereocenters. The molecule has 2 heteroatoms. The van der Waals surface area contributed by atoms with Crippen molar-refractivity contribution in [2.45, 2.75) is 39.2 Å². The van der Waals surface area contributed by atoms with Crippen molar-refractivity contribution in [3.8, 4) is 0 Å². The molecule has 3 N–H and O–H groups in total. The zero-order valence-corrected chi connectivity index (χ0v) is 9.96. The first kappa shape index (κ1) is 12.1. The molecule has 0 aliphatic heterocycles. The number of hydrogen-bond acceptors (Lipinski definition) is 2. The van der Waals surface area contributed by atoms with E-state index in [4.69, 9.17) is 5.73 Å². The summed E-state index contributed by atoms with van der Waals surface area (Å²) >= 11 is 0. The van der Waals surface area contributed by atoms with Crippen LogP contribution in [-0.4, -0.2) is 12.6 Å². The van der Waals surface area contributed by atoms with Crippen molar-refractivity contribution >= 4 is 5.69 Å².